The molecule has 6 nitrogen and oxygen atoms in total. The van der Waals surface area contributed by atoms with Crippen LogP contribution in [0.15, 0.2) is 45.7 Å². The molecule has 0 N–H and O–H groups in total. The van der Waals surface area contributed by atoms with Gasteiger partial charge < -0.3 is 9.42 Å². The molecule has 0 radical (unpaired) electrons. The second-order valence-electron chi connectivity index (χ2n) is 5.34. The van der Waals surface area contributed by atoms with E-state index in [4.69, 9.17) is 4.52 Å². The van der Waals surface area contributed by atoms with Crippen molar-refractivity contribution in [1.29, 1.82) is 0 Å². The van der Waals surface area contributed by atoms with E-state index in [0.29, 0.717) is 29.5 Å². The second kappa shape index (κ2) is 5.92. The lowest BCUT2D eigenvalue weighted by atomic mass is 10.2. The summed E-state index contributed by atoms with van der Waals surface area (Å²) in [5, 5.41) is 7.78. The lowest BCUT2D eigenvalue weighted by Gasteiger charge is -2.21. The first kappa shape index (κ1) is 14.1. The van der Waals surface area contributed by atoms with Gasteiger partial charge >= 0.3 is 0 Å². The molecular formula is C16H14N4O2S. The van der Waals surface area contributed by atoms with Crippen molar-refractivity contribution in [2.24, 2.45) is 0 Å². The topological polar surface area (TPSA) is 72.1 Å². The van der Waals surface area contributed by atoms with Gasteiger partial charge in [-0.05, 0) is 36.4 Å². The van der Waals surface area contributed by atoms with Gasteiger partial charge in [0, 0.05) is 18.1 Å². The van der Waals surface area contributed by atoms with Crippen LogP contribution >= 0.6 is 11.3 Å². The molecule has 3 aromatic heterocycles. The Morgan fingerprint density at radius 1 is 1.35 bits per heavy atom. The van der Waals surface area contributed by atoms with Gasteiger partial charge in [-0.3, -0.25) is 9.78 Å². The molecule has 116 valence electrons. The van der Waals surface area contributed by atoms with Crippen molar-refractivity contribution in [3.05, 3.63) is 52.7 Å². The molecule has 3 aromatic rings. The fourth-order valence-corrected chi connectivity index (χ4v) is 3.42. The van der Waals surface area contributed by atoms with Gasteiger partial charge in [0.2, 0.25) is 11.7 Å². The molecule has 1 fully saturated rings. The van der Waals surface area contributed by atoms with Gasteiger partial charge in [0.15, 0.2) is 0 Å². The summed E-state index contributed by atoms with van der Waals surface area (Å²) in [7, 11) is 0. The van der Waals surface area contributed by atoms with Crippen LogP contribution in [-0.2, 0) is 0 Å². The Hall–Kier alpha value is -2.54. The smallest absolute Gasteiger partial charge is 0.255 e. The van der Waals surface area contributed by atoms with Crippen molar-refractivity contribution in [2.75, 3.05) is 6.54 Å². The number of hydrogen-bond donors (Lipinski definition) is 0. The van der Waals surface area contributed by atoms with Crippen LogP contribution in [0.25, 0.3) is 11.5 Å². The number of carbonyl (C=O) groups is 1. The molecule has 1 amide bonds. The van der Waals surface area contributed by atoms with Gasteiger partial charge in [0.05, 0.1) is 5.56 Å². The summed E-state index contributed by atoms with van der Waals surface area (Å²) < 4.78 is 5.41. The minimum absolute atomic E-state index is 0.0198. The zero-order valence-electron chi connectivity index (χ0n) is 12.3. The first-order chi connectivity index (χ1) is 11.3. The standard InChI is InChI=1S/C16H14N4O2S/c21-16(11-6-9-23-10-11)20-8-3-5-13(20)15-18-14(19-22-15)12-4-1-2-7-17-12/h1-2,4,6-7,9-10,13H,3,5,8H2/t13-/m1/s1. The van der Waals surface area contributed by atoms with Crippen LogP contribution < -0.4 is 0 Å². The van der Waals surface area contributed by atoms with Crippen molar-refractivity contribution < 1.29 is 9.32 Å². The van der Waals surface area contributed by atoms with E-state index >= 15 is 0 Å². The normalized spacial score (nSPS) is 17.6. The Balaban J connectivity index is 1.60. The van der Waals surface area contributed by atoms with E-state index in [-0.39, 0.29) is 11.9 Å². The first-order valence-electron chi connectivity index (χ1n) is 7.41. The molecule has 1 aliphatic heterocycles. The number of hydrogen-bond acceptors (Lipinski definition) is 6. The molecule has 4 heterocycles. The van der Waals surface area contributed by atoms with Gasteiger partial charge in [0.25, 0.3) is 5.91 Å². The van der Waals surface area contributed by atoms with E-state index in [1.807, 2.05) is 39.9 Å². The summed E-state index contributed by atoms with van der Waals surface area (Å²) in [5.41, 5.74) is 1.38. The van der Waals surface area contributed by atoms with Crippen LogP contribution in [0.4, 0.5) is 0 Å². The van der Waals surface area contributed by atoms with Crippen molar-refractivity contribution in [3.63, 3.8) is 0 Å². The van der Waals surface area contributed by atoms with E-state index in [0.717, 1.165) is 12.8 Å². The predicted octanol–water partition coefficient (Wildman–Crippen LogP) is 3.17. The third-order valence-corrected chi connectivity index (χ3v) is 4.59. The maximum absolute atomic E-state index is 12.6. The highest BCUT2D eigenvalue weighted by atomic mass is 32.1. The molecule has 0 aliphatic carbocycles. The largest absolute Gasteiger partial charge is 0.337 e. The van der Waals surface area contributed by atoms with E-state index in [1.165, 1.54) is 11.3 Å². The van der Waals surface area contributed by atoms with Crippen LogP contribution in [0.3, 0.4) is 0 Å². The number of pyridine rings is 1. The second-order valence-corrected chi connectivity index (χ2v) is 6.12. The zero-order chi connectivity index (χ0) is 15.6. The minimum Gasteiger partial charge on any atom is -0.337 e. The molecule has 0 unspecified atom stereocenters. The van der Waals surface area contributed by atoms with Gasteiger partial charge in [-0.2, -0.15) is 16.3 Å². The number of aromatic nitrogens is 3. The quantitative estimate of drug-likeness (QED) is 0.739. The Labute approximate surface area is 136 Å². The van der Waals surface area contributed by atoms with Crippen molar-refractivity contribution in [3.8, 4) is 11.5 Å². The van der Waals surface area contributed by atoms with Crippen molar-refractivity contribution >= 4 is 17.2 Å². The molecule has 1 atom stereocenters. The Morgan fingerprint density at radius 3 is 3.09 bits per heavy atom. The van der Waals surface area contributed by atoms with Crippen LogP contribution in [0, 0.1) is 0 Å². The highest BCUT2D eigenvalue weighted by Gasteiger charge is 2.34. The summed E-state index contributed by atoms with van der Waals surface area (Å²) in [6, 6.07) is 7.23. The van der Waals surface area contributed by atoms with E-state index in [1.54, 1.807) is 6.20 Å². The molecule has 0 saturated carbocycles. The average Bonchev–Trinajstić information content (AvgIpc) is 3.35. The molecule has 7 heteroatoms. The Bertz CT molecular complexity index is 801. The zero-order valence-corrected chi connectivity index (χ0v) is 13.1. The fraction of sp³-hybridized carbons (Fsp3) is 0.250. The predicted molar refractivity (Wildman–Crippen MR) is 84.9 cm³/mol. The highest BCUT2D eigenvalue weighted by molar-refractivity contribution is 7.08. The Morgan fingerprint density at radius 2 is 2.30 bits per heavy atom. The van der Waals surface area contributed by atoms with Crippen LogP contribution in [0.2, 0.25) is 0 Å². The van der Waals surface area contributed by atoms with Crippen molar-refractivity contribution in [2.45, 2.75) is 18.9 Å². The monoisotopic (exact) mass is 326 g/mol. The maximum atomic E-state index is 12.6. The lowest BCUT2D eigenvalue weighted by molar-refractivity contribution is 0.0710. The molecule has 1 aliphatic rings. The van der Waals surface area contributed by atoms with Crippen molar-refractivity contribution in [1.82, 2.24) is 20.0 Å². The molecule has 0 aromatic carbocycles. The number of likely N-dealkylation sites (tertiary alicyclic amines) is 1. The molecule has 1 saturated heterocycles. The molecule has 0 bridgehead atoms. The third-order valence-electron chi connectivity index (χ3n) is 3.90. The number of thiophene rings is 1. The highest BCUT2D eigenvalue weighted by Crippen LogP contribution is 2.33. The number of amides is 1. The maximum Gasteiger partial charge on any atom is 0.255 e. The summed E-state index contributed by atoms with van der Waals surface area (Å²) in [6.45, 7) is 0.709. The number of rotatable bonds is 3. The summed E-state index contributed by atoms with van der Waals surface area (Å²) >= 11 is 1.52. The van der Waals surface area contributed by atoms with Crippen LogP contribution in [-0.4, -0.2) is 32.5 Å². The molecule has 0 spiro atoms. The van der Waals surface area contributed by atoms with Gasteiger partial charge in [0.1, 0.15) is 11.7 Å². The lowest BCUT2D eigenvalue weighted by Crippen LogP contribution is -2.30. The van der Waals surface area contributed by atoms with Gasteiger partial charge in [-0.25, -0.2) is 0 Å². The molecular weight excluding hydrogens is 312 g/mol. The third kappa shape index (κ3) is 2.63. The van der Waals surface area contributed by atoms with Gasteiger partial charge in [-0.1, -0.05) is 11.2 Å². The number of nitrogens with zero attached hydrogens (tertiary/aromatic N) is 4. The SMILES string of the molecule is O=C(c1ccsc1)N1CCC[C@@H]1c1nc(-c2ccccn2)no1. The van der Waals surface area contributed by atoms with E-state index in [2.05, 4.69) is 15.1 Å². The summed E-state index contributed by atoms with van der Waals surface area (Å²) in [6.07, 6.45) is 3.45. The van der Waals surface area contributed by atoms with Gasteiger partial charge in [-0.15, -0.1) is 0 Å². The molecule has 4 rings (SSSR count). The van der Waals surface area contributed by atoms with Crippen LogP contribution in [0.1, 0.15) is 35.1 Å². The summed E-state index contributed by atoms with van der Waals surface area (Å²) in [4.78, 5) is 23.1. The van der Waals surface area contributed by atoms with E-state index in [9.17, 15) is 4.79 Å². The first-order valence-corrected chi connectivity index (χ1v) is 8.35. The minimum atomic E-state index is -0.160. The average molecular weight is 326 g/mol. The molecule has 23 heavy (non-hydrogen) atoms. The number of carbonyl (C=O) groups excluding carboxylic acids is 1. The summed E-state index contributed by atoms with van der Waals surface area (Å²) in [5.74, 6) is 0.952. The fourth-order valence-electron chi connectivity index (χ4n) is 2.79. The van der Waals surface area contributed by atoms with E-state index < -0.39 is 0 Å². The Kier molecular flexibility index (Phi) is 3.63. The van der Waals surface area contributed by atoms with Crippen LogP contribution in [0.5, 0.6) is 0 Å².